The number of nitrogens with zero attached hydrogens (tertiary/aromatic N) is 1. The molecule has 4 heteroatoms. The van der Waals surface area contributed by atoms with Gasteiger partial charge in [-0.3, -0.25) is 15.0 Å². The Kier molecular flexibility index (Phi) is 5.54. The number of hydrazine groups is 1. The van der Waals surface area contributed by atoms with E-state index in [4.69, 9.17) is 0 Å². The van der Waals surface area contributed by atoms with Crippen molar-refractivity contribution < 1.29 is 9.59 Å². The molecule has 112 valence electrons. The number of hydrogen-bond donors (Lipinski definition) is 1. The van der Waals surface area contributed by atoms with Crippen LogP contribution in [0, 0.1) is 18.8 Å². The summed E-state index contributed by atoms with van der Waals surface area (Å²) in [6.07, 6.45) is 0.0736. The summed E-state index contributed by atoms with van der Waals surface area (Å²) in [5.74, 6) is 4.83. The smallest absolute Gasteiger partial charge is 0.272 e. The van der Waals surface area contributed by atoms with E-state index in [-0.39, 0.29) is 18.2 Å². The van der Waals surface area contributed by atoms with E-state index >= 15 is 0 Å². The summed E-state index contributed by atoms with van der Waals surface area (Å²) in [6, 6.07) is 7.30. The van der Waals surface area contributed by atoms with Crippen LogP contribution in [0.15, 0.2) is 24.3 Å². The van der Waals surface area contributed by atoms with E-state index in [1.165, 1.54) is 5.01 Å². The highest BCUT2D eigenvalue weighted by Crippen LogP contribution is 2.16. The molecule has 2 amide bonds. The second-order valence-corrected chi connectivity index (χ2v) is 5.82. The van der Waals surface area contributed by atoms with Crippen molar-refractivity contribution in [3.05, 3.63) is 35.4 Å². The highest BCUT2D eigenvalue weighted by atomic mass is 16.2. The van der Waals surface area contributed by atoms with Gasteiger partial charge in [0, 0.05) is 5.56 Å². The average Bonchev–Trinajstić information content (AvgIpc) is 2.40. The minimum atomic E-state index is -0.532. The van der Waals surface area contributed by atoms with E-state index in [1.54, 1.807) is 19.1 Å². The molecule has 1 aromatic carbocycles. The largest absolute Gasteiger partial charge is 0.272 e. The fraction of sp³-hybridized carbons (Fsp3) is 0.412. The van der Waals surface area contributed by atoms with Crippen LogP contribution >= 0.6 is 0 Å². The van der Waals surface area contributed by atoms with Crippen molar-refractivity contribution in [3.63, 3.8) is 0 Å². The third-order valence-corrected chi connectivity index (χ3v) is 2.80. The average molecular weight is 286 g/mol. The summed E-state index contributed by atoms with van der Waals surface area (Å²) < 4.78 is 0. The van der Waals surface area contributed by atoms with Crippen LogP contribution in [0.25, 0.3) is 0 Å². The van der Waals surface area contributed by atoms with Gasteiger partial charge in [-0.25, -0.2) is 5.01 Å². The predicted octanol–water partition coefficient (Wildman–Crippen LogP) is 2.68. The van der Waals surface area contributed by atoms with Crippen molar-refractivity contribution in [3.8, 4) is 11.8 Å². The second-order valence-electron chi connectivity index (χ2n) is 5.82. The van der Waals surface area contributed by atoms with Gasteiger partial charge in [-0.15, -0.1) is 5.92 Å². The Balaban J connectivity index is 3.00. The molecule has 4 nitrogen and oxygen atoms in total. The molecule has 0 atom stereocenters. The van der Waals surface area contributed by atoms with E-state index in [0.717, 1.165) is 5.56 Å². The topological polar surface area (TPSA) is 49.4 Å². The van der Waals surface area contributed by atoms with E-state index in [2.05, 4.69) is 17.3 Å². The maximum atomic E-state index is 12.6. The normalized spacial score (nSPS) is 10.3. The minimum absolute atomic E-state index is 0.0736. The van der Waals surface area contributed by atoms with Gasteiger partial charge in [0.05, 0.1) is 12.0 Å². The summed E-state index contributed by atoms with van der Waals surface area (Å²) in [5.41, 5.74) is 3.67. The van der Waals surface area contributed by atoms with Gasteiger partial charge in [0.15, 0.2) is 0 Å². The molecular weight excluding hydrogens is 264 g/mol. The Bertz CT molecular complexity index is 589. The molecule has 21 heavy (non-hydrogen) atoms. The van der Waals surface area contributed by atoms with Gasteiger partial charge < -0.3 is 0 Å². The van der Waals surface area contributed by atoms with Crippen LogP contribution in [-0.2, 0) is 4.79 Å². The first-order valence-electron chi connectivity index (χ1n) is 6.86. The Hall–Kier alpha value is -2.28. The van der Waals surface area contributed by atoms with Crippen LogP contribution in [0.5, 0.6) is 0 Å². The molecule has 0 aliphatic heterocycles. The van der Waals surface area contributed by atoms with Gasteiger partial charge in [0.2, 0.25) is 0 Å². The third-order valence-electron chi connectivity index (χ3n) is 2.80. The molecular formula is C17H22N2O2. The van der Waals surface area contributed by atoms with E-state index in [0.29, 0.717) is 5.56 Å². The lowest BCUT2D eigenvalue weighted by atomic mass is 10.1. The van der Waals surface area contributed by atoms with E-state index in [1.807, 2.05) is 39.8 Å². The van der Waals surface area contributed by atoms with Gasteiger partial charge >= 0.3 is 0 Å². The van der Waals surface area contributed by atoms with Crippen LogP contribution < -0.4 is 5.43 Å². The summed E-state index contributed by atoms with van der Waals surface area (Å²) in [7, 11) is 0. The third kappa shape index (κ3) is 4.96. The standard InChI is InChI=1S/C17H22N2O2/c1-6-7-11-15(20)18-19(17(3,4)5)16(21)14-10-8-9-13(2)12-14/h8-10,12H,11H2,1-5H3,(H,18,20). The van der Waals surface area contributed by atoms with E-state index < -0.39 is 5.54 Å². The number of rotatable bonds is 2. The van der Waals surface area contributed by atoms with Crippen LogP contribution in [0.3, 0.4) is 0 Å². The molecule has 0 unspecified atom stereocenters. The molecule has 0 fully saturated rings. The van der Waals surface area contributed by atoms with Crippen LogP contribution in [0.2, 0.25) is 0 Å². The van der Waals surface area contributed by atoms with Gasteiger partial charge in [-0.05, 0) is 46.8 Å². The zero-order valence-corrected chi connectivity index (χ0v) is 13.3. The molecule has 0 heterocycles. The summed E-state index contributed by atoms with van der Waals surface area (Å²) >= 11 is 0. The molecule has 0 spiro atoms. The highest BCUT2D eigenvalue weighted by Gasteiger charge is 2.29. The molecule has 0 aliphatic carbocycles. The molecule has 0 radical (unpaired) electrons. The first-order chi connectivity index (χ1) is 9.75. The molecule has 0 saturated heterocycles. The van der Waals surface area contributed by atoms with Crippen molar-refractivity contribution in [2.24, 2.45) is 0 Å². The summed E-state index contributed by atoms with van der Waals surface area (Å²) in [5, 5.41) is 1.36. The first-order valence-corrected chi connectivity index (χ1v) is 6.86. The molecule has 1 N–H and O–H groups in total. The van der Waals surface area contributed by atoms with Gasteiger partial charge in [0.1, 0.15) is 0 Å². The SMILES string of the molecule is CC#CCC(=O)NN(C(=O)c1cccc(C)c1)C(C)(C)C. The highest BCUT2D eigenvalue weighted by molar-refractivity contribution is 5.96. The van der Waals surface area contributed by atoms with Crippen LogP contribution in [-0.4, -0.2) is 22.4 Å². The number of amides is 2. The number of benzene rings is 1. The minimum Gasteiger partial charge on any atom is -0.272 e. The van der Waals surface area contributed by atoms with Crippen molar-refractivity contribution in [2.45, 2.75) is 46.6 Å². The van der Waals surface area contributed by atoms with Crippen molar-refractivity contribution in [1.29, 1.82) is 0 Å². The van der Waals surface area contributed by atoms with Crippen molar-refractivity contribution >= 4 is 11.8 Å². The molecule has 0 aliphatic rings. The maximum absolute atomic E-state index is 12.6. The number of carbonyl (C=O) groups excluding carboxylic acids is 2. The van der Waals surface area contributed by atoms with Crippen molar-refractivity contribution in [2.75, 3.05) is 0 Å². The Morgan fingerprint density at radius 2 is 1.95 bits per heavy atom. The lowest BCUT2D eigenvalue weighted by Gasteiger charge is -2.35. The fourth-order valence-electron chi connectivity index (χ4n) is 1.76. The zero-order chi connectivity index (χ0) is 16.0. The predicted molar refractivity (Wildman–Crippen MR) is 83.3 cm³/mol. The second kappa shape index (κ2) is 6.94. The number of carbonyl (C=O) groups is 2. The fourth-order valence-corrected chi connectivity index (χ4v) is 1.76. The first kappa shape index (κ1) is 16.8. The Morgan fingerprint density at radius 3 is 2.48 bits per heavy atom. The molecule has 0 bridgehead atoms. The van der Waals surface area contributed by atoms with Crippen LogP contribution in [0.4, 0.5) is 0 Å². The molecule has 1 rings (SSSR count). The van der Waals surface area contributed by atoms with Crippen LogP contribution in [0.1, 0.15) is 50.0 Å². The molecule has 1 aromatic rings. The number of nitrogens with one attached hydrogen (secondary N) is 1. The zero-order valence-electron chi connectivity index (χ0n) is 13.3. The lowest BCUT2D eigenvalue weighted by molar-refractivity contribution is -0.125. The molecule has 0 aromatic heterocycles. The molecule has 0 saturated carbocycles. The van der Waals surface area contributed by atoms with Gasteiger partial charge in [-0.2, -0.15) is 0 Å². The summed E-state index contributed by atoms with van der Waals surface area (Å²) in [6.45, 7) is 9.20. The maximum Gasteiger partial charge on any atom is 0.272 e. The monoisotopic (exact) mass is 286 g/mol. The van der Waals surface area contributed by atoms with Gasteiger partial charge in [-0.1, -0.05) is 23.6 Å². The summed E-state index contributed by atoms with van der Waals surface area (Å²) in [4.78, 5) is 24.5. The van der Waals surface area contributed by atoms with E-state index in [9.17, 15) is 9.59 Å². The number of hydrogen-bond acceptors (Lipinski definition) is 2. The Labute approximate surface area is 126 Å². The van der Waals surface area contributed by atoms with Gasteiger partial charge in [0.25, 0.3) is 11.8 Å². The van der Waals surface area contributed by atoms with Crippen molar-refractivity contribution in [1.82, 2.24) is 10.4 Å². The number of aryl methyl sites for hydroxylation is 1. The quantitative estimate of drug-likeness (QED) is 0.671. The lowest BCUT2D eigenvalue weighted by Crippen LogP contribution is -2.55. The Morgan fingerprint density at radius 1 is 1.29 bits per heavy atom.